The summed E-state index contributed by atoms with van der Waals surface area (Å²) in [4.78, 5) is 0. The Bertz CT molecular complexity index is 839. The molecule has 0 bridgehead atoms. The Hall–Kier alpha value is -2.21. The van der Waals surface area contributed by atoms with Crippen molar-refractivity contribution in [1.82, 2.24) is 5.32 Å². The molecular weight excluding hydrogens is 392 g/mol. The summed E-state index contributed by atoms with van der Waals surface area (Å²) >= 11 is 6.37. The van der Waals surface area contributed by atoms with Crippen LogP contribution in [0, 0.1) is 5.82 Å². The van der Waals surface area contributed by atoms with Crippen molar-refractivity contribution in [3.8, 4) is 11.5 Å². The minimum absolute atomic E-state index is 0. The molecule has 0 spiro atoms. The van der Waals surface area contributed by atoms with Crippen LogP contribution in [0.15, 0.2) is 59.2 Å². The van der Waals surface area contributed by atoms with Gasteiger partial charge in [0.15, 0.2) is 11.5 Å². The number of furan rings is 1. The second-order valence-electron chi connectivity index (χ2n) is 5.71. The van der Waals surface area contributed by atoms with Crippen LogP contribution in [-0.4, -0.2) is 7.11 Å². The number of nitrogens with one attached hydrogen (secondary N) is 1. The van der Waals surface area contributed by atoms with Crippen molar-refractivity contribution in [2.24, 2.45) is 0 Å². The van der Waals surface area contributed by atoms with Gasteiger partial charge in [0.05, 0.1) is 24.9 Å². The van der Waals surface area contributed by atoms with E-state index in [1.807, 2.05) is 24.3 Å². The van der Waals surface area contributed by atoms with Gasteiger partial charge in [-0.1, -0.05) is 23.7 Å². The van der Waals surface area contributed by atoms with Crippen LogP contribution in [0.5, 0.6) is 11.5 Å². The summed E-state index contributed by atoms with van der Waals surface area (Å²) < 4.78 is 29.5. The summed E-state index contributed by atoms with van der Waals surface area (Å²) in [5.74, 6) is 1.60. The molecule has 0 aliphatic heterocycles. The van der Waals surface area contributed by atoms with Crippen LogP contribution in [0.25, 0.3) is 0 Å². The van der Waals surface area contributed by atoms with E-state index in [4.69, 9.17) is 25.5 Å². The Labute approximate surface area is 168 Å². The van der Waals surface area contributed by atoms with Crippen LogP contribution in [0.4, 0.5) is 4.39 Å². The van der Waals surface area contributed by atoms with Crippen LogP contribution >= 0.6 is 11.6 Å². The number of hydrogen-bond acceptors (Lipinski definition) is 4. The second kappa shape index (κ2) is 10.2. The van der Waals surface area contributed by atoms with Crippen LogP contribution in [0.2, 0.25) is 5.02 Å². The fourth-order valence-electron chi connectivity index (χ4n) is 2.49. The SMILES string of the molecule is COc1cc(CNCc2ccco2)cc(Cl)c1OCc1ccc(F)cc1.[Cl-]. The van der Waals surface area contributed by atoms with Gasteiger partial charge in [-0.25, -0.2) is 4.39 Å². The molecule has 0 radical (unpaired) electrons. The maximum absolute atomic E-state index is 13.0. The van der Waals surface area contributed by atoms with Gasteiger partial charge in [-0.2, -0.15) is 0 Å². The van der Waals surface area contributed by atoms with Gasteiger partial charge in [-0.05, 0) is 47.5 Å². The van der Waals surface area contributed by atoms with Crippen molar-refractivity contribution in [2.45, 2.75) is 19.7 Å². The number of hydrogen-bond donors (Lipinski definition) is 1. The molecule has 1 N–H and O–H groups in total. The van der Waals surface area contributed by atoms with Crippen molar-refractivity contribution >= 4 is 11.6 Å². The Kier molecular flexibility index (Phi) is 7.98. The summed E-state index contributed by atoms with van der Waals surface area (Å²) in [5, 5.41) is 3.74. The van der Waals surface area contributed by atoms with Crippen molar-refractivity contribution in [3.05, 3.63) is 82.5 Å². The van der Waals surface area contributed by atoms with Gasteiger partial charge in [-0.3, -0.25) is 0 Å². The topological polar surface area (TPSA) is 43.6 Å². The Morgan fingerprint density at radius 1 is 1.07 bits per heavy atom. The van der Waals surface area contributed by atoms with Gasteiger partial charge in [-0.15, -0.1) is 0 Å². The first-order chi connectivity index (χ1) is 12.7. The minimum atomic E-state index is -0.282. The van der Waals surface area contributed by atoms with E-state index in [0.29, 0.717) is 29.6 Å². The van der Waals surface area contributed by atoms with Gasteiger partial charge in [0.25, 0.3) is 0 Å². The van der Waals surface area contributed by atoms with E-state index < -0.39 is 0 Å². The van der Waals surface area contributed by atoms with Crippen LogP contribution in [-0.2, 0) is 19.7 Å². The predicted molar refractivity (Wildman–Crippen MR) is 98.0 cm³/mol. The van der Waals surface area contributed by atoms with E-state index in [1.54, 1.807) is 25.5 Å². The molecule has 7 heteroatoms. The summed E-state index contributed by atoms with van der Waals surface area (Å²) in [5.41, 5.74) is 1.81. The Morgan fingerprint density at radius 3 is 2.52 bits per heavy atom. The molecule has 3 aromatic rings. The monoisotopic (exact) mass is 410 g/mol. The smallest absolute Gasteiger partial charge is 0.180 e. The fraction of sp³-hybridized carbons (Fsp3) is 0.200. The maximum Gasteiger partial charge on any atom is 0.180 e. The highest BCUT2D eigenvalue weighted by Gasteiger charge is 2.12. The standard InChI is InChI=1S/C20H19ClFNO3.ClH/c1-24-19-10-15(11-23-12-17-3-2-8-25-17)9-18(21)20(19)26-13-14-4-6-16(22)7-5-14;/h2-10,23H,11-13H2,1H3;1H/p-1. The molecule has 0 atom stereocenters. The van der Waals surface area contributed by atoms with Gasteiger partial charge in [0.1, 0.15) is 18.2 Å². The van der Waals surface area contributed by atoms with Gasteiger partial charge in [0.2, 0.25) is 0 Å². The lowest BCUT2D eigenvalue weighted by atomic mass is 10.2. The van der Waals surface area contributed by atoms with Gasteiger partial charge >= 0.3 is 0 Å². The fourth-order valence-corrected chi connectivity index (χ4v) is 2.78. The highest BCUT2D eigenvalue weighted by molar-refractivity contribution is 6.32. The van der Waals surface area contributed by atoms with Crippen molar-refractivity contribution in [1.29, 1.82) is 0 Å². The second-order valence-corrected chi connectivity index (χ2v) is 6.11. The van der Waals surface area contributed by atoms with Crippen molar-refractivity contribution < 1.29 is 30.7 Å². The van der Waals surface area contributed by atoms with Crippen molar-refractivity contribution in [3.63, 3.8) is 0 Å². The third kappa shape index (κ3) is 5.89. The zero-order valence-electron chi connectivity index (χ0n) is 14.7. The van der Waals surface area contributed by atoms with Crippen LogP contribution in [0.3, 0.4) is 0 Å². The Morgan fingerprint density at radius 2 is 1.85 bits per heavy atom. The molecule has 0 aliphatic rings. The minimum Gasteiger partial charge on any atom is -1.00 e. The molecule has 1 aromatic heterocycles. The number of rotatable bonds is 8. The predicted octanol–water partition coefficient (Wildman–Crippen LogP) is 1.95. The molecule has 0 unspecified atom stereocenters. The largest absolute Gasteiger partial charge is 1.00 e. The molecule has 3 rings (SSSR count). The molecule has 0 fully saturated rings. The van der Waals surface area contributed by atoms with Crippen molar-refractivity contribution in [2.75, 3.05) is 7.11 Å². The number of halogens is 3. The first kappa shape index (κ1) is 21.1. The van der Waals surface area contributed by atoms with Gasteiger partial charge in [0, 0.05) is 6.54 Å². The zero-order valence-corrected chi connectivity index (χ0v) is 16.2. The highest BCUT2D eigenvalue weighted by Crippen LogP contribution is 2.37. The molecule has 0 aliphatic carbocycles. The van der Waals surface area contributed by atoms with Gasteiger partial charge < -0.3 is 31.6 Å². The molecular formula is C20H19Cl2FNO3-. The van der Waals surface area contributed by atoms with E-state index in [-0.39, 0.29) is 24.8 Å². The molecule has 27 heavy (non-hydrogen) atoms. The zero-order chi connectivity index (χ0) is 18.4. The summed E-state index contributed by atoms with van der Waals surface area (Å²) in [6.45, 7) is 1.50. The summed E-state index contributed by atoms with van der Waals surface area (Å²) in [6, 6.07) is 13.6. The Balaban J connectivity index is 0.00000261. The van der Waals surface area contributed by atoms with E-state index in [9.17, 15) is 4.39 Å². The molecule has 0 saturated heterocycles. The third-order valence-electron chi connectivity index (χ3n) is 3.79. The van der Waals surface area contributed by atoms with E-state index >= 15 is 0 Å². The molecule has 1 heterocycles. The first-order valence-corrected chi connectivity index (χ1v) is 8.50. The quantitative estimate of drug-likeness (QED) is 0.616. The number of benzene rings is 2. The average Bonchev–Trinajstić information content (AvgIpc) is 3.15. The van der Waals surface area contributed by atoms with E-state index in [1.165, 1.54) is 12.1 Å². The van der Waals surface area contributed by atoms with Crippen LogP contribution < -0.4 is 27.2 Å². The molecule has 2 aromatic carbocycles. The van der Waals surface area contributed by atoms with Crippen LogP contribution in [0.1, 0.15) is 16.9 Å². The lowest BCUT2D eigenvalue weighted by Gasteiger charge is -2.14. The maximum atomic E-state index is 13.0. The average molecular weight is 411 g/mol. The molecule has 0 amide bonds. The third-order valence-corrected chi connectivity index (χ3v) is 4.07. The normalized spacial score (nSPS) is 10.3. The summed E-state index contributed by atoms with van der Waals surface area (Å²) in [7, 11) is 1.57. The number of methoxy groups -OCH3 is 1. The lowest BCUT2D eigenvalue weighted by molar-refractivity contribution is -0.00000687. The van der Waals surface area contributed by atoms with E-state index in [0.717, 1.165) is 16.9 Å². The number of ether oxygens (including phenoxy) is 2. The molecule has 4 nitrogen and oxygen atoms in total. The first-order valence-electron chi connectivity index (χ1n) is 8.12. The van der Waals surface area contributed by atoms with E-state index in [2.05, 4.69) is 5.32 Å². The summed E-state index contributed by atoms with van der Waals surface area (Å²) in [6.07, 6.45) is 1.64. The highest BCUT2D eigenvalue weighted by atomic mass is 35.5. The lowest BCUT2D eigenvalue weighted by Crippen LogP contribution is -3.00. The molecule has 0 saturated carbocycles. The molecule has 144 valence electrons.